The smallest absolute Gasteiger partial charge is 0.286 e. The summed E-state index contributed by atoms with van der Waals surface area (Å²) in [7, 11) is 0. The van der Waals surface area contributed by atoms with Gasteiger partial charge in [-0.3, -0.25) is 9.59 Å². The fourth-order valence-electron chi connectivity index (χ4n) is 2.16. The Hall–Kier alpha value is -3.15. The molecule has 0 aliphatic rings. The van der Waals surface area contributed by atoms with Crippen molar-refractivity contribution in [3.63, 3.8) is 0 Å². The number of hydrogen-bond donors (Lipinski definition) is 2. The summed E-state index contributed by atoms with van der Waals surface area (Å²) in [4.78, 5) is 23.7. The fraction of sp³-hybridized carbons (Fsp3) is 0. The first-order valence-corrected chi connectivity index (χ1v) is 6.44. The van der Waals surface area contributed by atoms with E-state index in [1.807, 2.05) is 0 Å². The van der Waals surface area contributed by atoms with Gasteiger partial charge in [-0.2, -0.15) is 0 Å². The molecule has 0 saturated heterocycles. The van der Waals surface area contributed by atoms with Crippen LogP contribution in [0.1, 0.15) is 20.9 Å². The standard InChI is InChI=1S/C16H11FN2O3/c17-10-5-3-4-9(8-10)16(21)19-13-11-6-1-2-7-12(11)22-14(13)15(18)20/h1-8H,(H2,18,20)(H,19,21). The molecule has 2 amide bonds. The van der Waals surface area contributed by atoms with Gasteiger partial charge in [0.1, 0.15) is 17.1 Å². The van der Waals surface area contributed by atoms with Gasteiger partial charge in [0.25, 0.3) is 11.8 Å². The molecule has 5 nitrogen and oxygen atoms in total. The Balaban J connectivity index is 2.04. The topological polar surface area (TPSA) is 85.3 Å². The van der Waals surface area contributed by atoms with Crippen LogP contribution in [0.5, 0.6) is 0 Å². The number of para-hydroxylation sites is 1. The average molecular weight is 298 g/mol. The number of carbonyl (C=O) groups is 2. The Bertz CT molecular complexity index is 886. The summed E-state index contributed by atoms with van der Waals surface area (Å²) in [6, 6.07) is 12.0. The third kappa shape index (κ3) is 2.42. The highest BCUT2D eigenvalue weighted by atomic mass is 19.1. The van der Waals surface area contributed by atoms with Gasteiger partial charge in [0.05, 0.1) is 0 Å². The maximum absolute atomic E-state index is 13.2. The molecule has 0 unspecified atom stereocenters. The highest BCUT2D eigenvalue weighted by molar-refractivity contribution is 6.14. The van der Waals surface area contributed by atoms with E-state index in [2.05, 4.69) is 5.32 Å². The molecule has 0 aliphatic carbocycles. The van der Waals surface area contributed by atoms with Crippen molar-refractivity contribution in [2.24, 2.45) is 5.73 Å². The molecule has 6 heteroatoms. The van der Waals surface area contributed by atoms with E-state index < -0.39 is 17.6 Å². The molecule has 1 aromatic heterocycles. The summed E-state index contributed by atoms with van der Waals surface area (Å²) in [5.74, 6) is -2.04. The predicted octanol–water partition coefficient (Wildman–Crippen LogP) is 2.92. The molecule has 3 aromatic rings. The molecule has 0 spiro atoms. The number of furan rings is 1. The van der Waals surface area contributed by atoms with E-state index in [9.17, 15) is 14.0 Å². The highest BCUT2D eigenvalue weighted by Gasteiger charge is 2.20. The molecular weight excluding hydrogens is 287 g/mol. The first-order valence-electron chi connectivity index (χ1n) is 6.44. The molecular formula is C16H11FN2O3. The zero-order valence-electron chi connectivity index (χ0n) is 11.3. The van der Waals surface area contributed by atoms with Crippen LogP contribution in [0.15, 0.2) is 52.9 Å². The first-order chi connectivity index (χ1) is 10.6. The molecule has 0 fully saturated rings. The van der Waals surface area contributed by atoms with E-state index >= 15 is 0 Å². The van der Waals surface area contributed by atoms with Crippen LogP contribution in [0, 0.1) is 5.82 Å². The Labute approximate surface area is 124 Å². The van der Waals surface area contributed by atoms with Crippen molar-refractivity contribution < 1.29 is 18.4 Å². The summed E-state index contributed by atoms with van der Waals surface area (Å²) in [5, 5.41) is 3.10. The SMILES string of the molecule is NC(=O)c1oc2ccccc2c1NC(=O)c1cccc(F)c1. The van der Waals surface area contributed by atoms with Crippen molar-refractivity contribution in [2.45, 2.75) is 0 Å². The molecule has 110 valence electrons. The van der Waals surface area contributed by atoms with E-state index in [0.29, 0.717) is 11.0 Å². The second kappa shape index (κ2) is 5.33. The van der Waals surface area contributed by atoms with Crippen molar-refractivity contribution >= 4 is 28.5 Å². The van der Waals surface area contributed by atoms with Gasteiger partial charge in [-0.05, 0) is 30.3 Å². The predicted molar refractivity (Wildman–Crippen MR) is 79.1 cm³/mol. The van der Waals surface area contributed by atoms with Crippen molar-refractivity contribution in [3.05, 3.63) is 65.7 Å². The lowest BCUT2D eigenvalue weighted by Crippen LogP contribution is -2.17. The van der Waals surface area contributed by atoms with Crippen LogP contribution in [0.3, 0.4) is 0 Å². The normalized spacial score (nSPS) is 10.6. The van der Waals surface area contributed by atoms with Gasteiger partial charge >= 0.3 is 0 Å². The number of halogens is 1. The van der Waals surface area contributed by atoms with Crippen molar-refractivity contribution in [1.29, 1.82) is 0 Å². The summed E-state index contributed by atoms with van der Waals surface area (Å²) in [5.41, 5.74) is 6.00. The fourth-order valence-corrected chi connectivity index (χ4v) is 2.16. The van der Waals surface area contributed by atoms with Gasteiger partial charge < -0.3 is 15.5 Å². The Kier molecular flexibility index (Phi) is 3.34. The Morgan fingerprint density at radius 3 is 2.59 bits per heavy atom. The third-order valence-corrected chi connectivity index (χ3v) is 3.14. The number of benzene rings is 2. The molecule has 0 radical (unpaired) electrons. The molecule has 0 aliphatic heterocycles. The number of carbonyl (C=O) groups excluding carboxylic acids is 2. The van der Waals surface area contributed by atoms with Crippen LogP contribution >= 0.6 is 0 Å². The molecule has 22 heavy (non-hydrogen) atoms. The van der Waals surface area contributed by atoms with Gasteiger partial charge in [0.15, 0.2) is 0 Å². The maximum Gasteiger partial charge on any atom is 0.286 e. The molecule has 2 aromatic carbocycles. The van der Waals surface area contributed by atoms with Crippen LogP contribution in [-0.4, -0.2) is 11.8 Å². The molecule has 0 saturated carbocycles. The van der Waals surface area contributed by atoms with Crippen LogP contribution < -0.4 is 11.1 Å². The van der Waals surface area contributed by atoms with Crippen LogP contribution in [0.2, 0.25) is 0 Å². The highest BCUT2D eigenvalue weighted by Crippen LogP contribution is 2.30. The van der Waals surface area contributed by atoms with Gasteiger partial charge in [-0.1, -0.05) is 18.2 Å². The van der Waals surface area contributed by atoms with Gasteiger partial charge in [0.2, 0.25) is 5.76 Å². The van der Waals surface area contributed by atoms with E-state index in [0.717, 1.165) is 6.07 Å². The zero-order chi connectivity index (χ0) is 15.7. The number of hydrogen-bond acceptors (Lipinski definition) is 3. The van der Waals surface area contributed by atoms with E-state index in [-0.39, 0.29) is 17.0 Å². The summed E-state index contributed by atoms with van der Waals surface area (Å²) >= 11 is 0. The molecule has 1 heterocycles. The quantitative estimate of drug-likeness (QED) is 0.779. The number of nitrogens with two attached hydrogens (primary N) is 1. The number of primary amides is 1. The van der Waals surface area contributed by atoms with E-state index in [4.69, 9.17) is 10.2 Å². The van der Waals surface area contributed by atoms with Crippen LogP contribution in [-0.2, 0) is 0 Å². The van der Waals surface area contributed by atoms with Crippen LogP contribution in [0.4, 0.5) is 10.1 Å². The van der Waals surface area contributed by atoms with E-state index in [1.165, 1.54) is 18.2 Å². The molecule has 0 atom stereocenters. The number of fused-ring (bicyclic) bond motifs is 1. The van der Waals surface area contributed by atoms with Crippen LogP contribution in [0.25, 0.3) is 11.0 Å². The average Bonchev–Trinajstić information content (AvgIpc) is 2.86. The van der Waals surface area contributed by atoms with Gasteiger partial charge in [0, 0.05) is 10.9 Å². The number of nitrogens with one attached hydrogen (secondary N) is 1. The third-order valence-electron chi connectivity index (χ3n) is 3.14. The minimum atomic E-state index is -0.800. The molecule has 0 bridgehead atoms. The lowest BCUT2D eigenvalue weighted by atomic mass is 10.1. The van der Waals surface area contributed by atoms with Crippen molar-refractivity contribution in [1.82, 2.24) is 0 Å². The van der Waals surface area contributed by atoms with Gasteiger partial charge in [-0.15, -0.1) is 0 Å². The number of amides is 2. The summed E-state index contributed by atoms with van der Waals surface area (Å²) < 4.78 is 18.6. The lowest BCUT2D eigenvalue weighted by Gasteiger charge is -2.05. The zero-order valence-corrected chi connectivity index (χ0v) is 11.3. The Morgan fingerprint density at radius 2 is 1.86 bits per heavy atom. The largest absolute Gasteiger partial charge is 0.449 e. The van der Waals surface area contributed by atoms with E-state index in [1.54, 1.807) is 24.3 Å². The van der Waals surface area contributed by atoms with Crippen molar-refractivity contribution in [3.8, 4) is 0 Å². The number of anilines is 1. The Morgan fingerprint density at radius 1 is 1.09 bits per heavy atom. The lowest BCUT2D eigenvalue weighted by molar-refractivity contribution is 0.0977. The monoisotopic (exact) mass is 298 g/mol. The second-order valence-corrected chi connectivity index (χ2v) is 4.63. The number of rotatable bonds is 3. The summed E-state index contributed by atoms with van der Waals surface area (Å²) in [6.45, 7) is 0. The minimum absolute atomic E-state index is 0.126. The minimum Gasteiger partial charge on any atom is -0.449 e. The van der Waals surface area contributed by atoms with Crippen molar-refractivity contribution in [2.75, 3.05) is 5.32 Å². The summed E-state index contributed by atoms with van der Waals surface area (Å²) in [6.07, 6.45) is 0. The maximum atomic E-state index is 13.2. The first kappa shape index (κ1) is 13.8. The van der Waals surface area contributed by atoms with Gasteiger partial charge in [-0.25, -0.2) is 4.39 Å². The second-order valence-electron chi connectivity index (χ2n) is 4.63. The molecule has 3 N–H and O–H groups in total. The molecule has 3 rings (SSSR count).